The summed E-state index contributed by atoms with van der Waals surface area (Å²) in [5, 5.41) is 7.39. The fourth-order valence-corrected chi connectivity index (χ4v) is 5.51. The number of benzene rings is 1. The van der Waals surface area contributed by atoms with Crippen LogP contribution in [0.2, 0.25) is 0 Å². The van der Waals surface area contributed by atoms with Crippen molar-refractivity contribution in [3.63, 3.8) is 0 Å². The van der Waals surface area contributed by atoms with Crippen LogP contribution in [-0.2, 0) is 19.6 Å². The minimum Gasteiger partial charge on any atom is -0.492 e. The van der Waals surface area contributed by atoms with Gasteiger partial charge in [-0.3, -0.25) is 9.59 Å². The second kappa shape index (κ2) is 11.3. The van der Waals surface area contributed by atoms with Crippen LogP contribution in [0.5, 0.6) is 5.75 Å². The number of thiophene rings is 1. The number of hydrogen-bond acceptors (Lipinski definition) is 6. The van der Waals surface area contributed by atoms with Crippen molar-refractivity contribution in [2.24, 2.45) is 0 Å². The lowest BCUT2D eigenvalue weighted by Gasteiger charge is -2.21. The summed E-state index contributed by atoms with van der Waals surface area (Å²) in [6, 6.07) is 7.80. The summed E-state index contributed by atoms with van der Waals surface area (Å²) in [4.78, 5) is 25.1. The van der Waals surface area contributed by atoms with Crippen LogP contribution in [0.1, 0.15) is 45.0 Å². The Bertz CT molecular complexity index is 986. The second-order valence-electron chi connectivity index (χ2n) is 6.70. The monoisotopic (exact) mass is 467 g/mol. The van der Waals surface area contributed by atoms with Gasteiger partial charge in [0.1, 0.15) is 10.6 Å². The maximum Gasteiger partial charge on any atom is 0.246 e. The number of anilines is 1. The molecule has 0 spiro atoms. The van der Waals surface area contributed by atoms with E-state index in [1.165, 1.54) is 28.6 Å². The van der Waals surface area contributed by atoms with Crippen LogP contribution in [0.3, 0.4) is 0 Å². The summed E-state index contributed by atoms with van der Waals surface area (Å²) in [5.74, 6) is -0.343. The summed E-state index contributed by atoms with van der Waals surface area (Å²) in [6.45, 7) is 7.65. The van der Waals surface area contributed by atoms with Crippen LogP contribution >= 0.6 is 11.3 Å². The normalized spacial score (nSPS) is 12.4. The zero-order chi connectivity index (χ0) is 23.0. The summed E-state index contributed by atoms with van der Waals surface area (Å²) in [6.07, 6.45) is 0.0193. The SMILES string of the molecule is CCOc1ccc(NC(=O)CC(NC(C)=O)c2cccs2)cc1S(=O)(=O)N(CC)CC. The molecule has 1 atom stereocenters. The van der Waals surface area contributed by atoms with Crippen molar-refractivity contribution in [3.8, 4) is 5.75 Å². The topological polar surface area (TPSA) is 105 Å². The van der Waals surface area contributed by atoms with Gasteiger partial charge in [0.25, 0.3) is 0 Å². The van der Waals surface area contributed by atoms with Crippen molar-refractivity contribution in [1.82, 2.24) is 9.62 Å². The fourth-order valence-electron chi connectivity index (χ4n) is 3.12. The number of rotatable bonds is 11. The molecule has 8 nitrogen and oxygen atoms in total. The Morgan fingerprint density at radius 3 is 2.42 bits per heavy atom. The highest BCUT2D eigenvalue weighted by Gasteiger charge is 2.26. The molecule has 31 heavy (non-hydrogen) atoms. The van der Waals surface area contributed by atoms with E-state index in [0.717, 1.165) is 4.88 Å². The fraction of sp³-hybridized carbons (Fsp3) is 0.429. The first kappa shape index (κ1) is 24.8. The third-order valence-corrected chi connectivity index (χ3v) is 7.56. The molecule has 0 aliphatic carbocycles. The summed E-state index contributed by atoms with van der Waals surface area (Å²) in [7, 11) is -3.79. The lowest BCUT2D eigenvalue weighted by atomic mass is 10.1. The van der Waals surface area contributed by atoms with Gasteiger partial charge in [0.15, 0.2) is 0 Å². The van der Waals surface area contributed by atoms with Crippen LogP contribution < -0.4 is 15.4 Å². The van der Waals surface area contributed by atoms with E-state index in [9.17, 15) is 18.0 Å². The molecular weight excluding hydrogens is 438 g/mol. The number of carbonyl (C=O) groups is 2. The largest absolute Gasteiger partial charge is 0.492 e. The van der Waals surface area contributed by atoms with Gasteiger partial charge in [-0.05, 0) is 36.6 Å². The lowest BCUT2D eigenvalue weighted by Crippen LogP contribution is -2.31. The van der Waals surface area contributed by atoms with E-state index in [-0.39, 0.29) is 28.9 Å². The van der Waals surface area contributed by atoms with E-state index >= 15 is 0 Å². The first-order valence-corrected chi connectivity index (χ1v) is 12.4. The van der Waals surface area contributed by atoms with Gasteiger partial charge in [-0.1, -0.05) is 19.9 Å². The molecule has 0 aliphatic heterocycles. The van der Waals surface area contributed by atoms with Crippen molar-refractivity contribution >= 4 is 38.9 Å². The van der Waals surface area contributed by atoms with Gasteiger partial charge in [-0.2, -0.15) is 4.31 Å². The molecule has 0 saturated heterocycles. The molecule has 1 unspecified atom stereocenters. The van der Waals surface area contributed by atoms with Crippen molar-refractivity contribution in [1.29, 1.82) is 0 Å². The highest BCUT2D eigenvalue weighted by molar-refractivity contribution is 7.89. The van der Waals surface area contributed by atoms with Gasteiger partial charge in [-0.25, -0.2) is 8.42 Å². The van der Waals surface area contributed by atoms with Gasteiger partial charge in [0.2, 0.25) is 21.8 Å². The molecule has 2 N–H and O–H groups in total. The third-order valence-electron chi connectivity index (χ3n) is 4.50. The lowest BCUT2D eigenvalue weighted by molar-refractivity contribution is -0.120. The number of carbonyl (C=O) groups excluding carboxylic acids is 2. The number of ether oxygens (including phenoxy) is 1. The zero-order valence-electron chi connectivity index (χ0n) is 18.2. The van der Waals surface area contributed by atoms with Crippen molar-refractivity contribution in [2.75, 3.05) is 25.0 Å². The Labute approximate surface area is 187 Å². The van der Waals surface area contributed by atoms with Gasteiger partial charge in [0.05, 0.1) is 19.1 Å². The van der Waals surface area contributed by atoms with Crippen LogP contribution in [0.4, 0.5) is 5.69 Å². The Morgan fingerprint density at radius 1 is 1.16 bits per heavy atom. The van der Waals surface area contributed by atoms with Gasteiger partial charge >= 0.3 is 0 Å². The van der Waals surface area contributed by atoms with E-state index in [2.05, 4.69) is 10.6 Å². The van der Waals surface area contributed by atoms with Crippen molar-refractivity contribution in [3.05, 3.63) is 40.6 Å². The smallest absolute Gasteiger partial charge is 0.246 e. The maximum absolute atomic E-state index is 13.1. The number of hydrogen-bond donors (Lipinski definition) is 2. The quantitative estimate of drug-likeness (QED) is 0.527. The van der Waals surface area contributed by atoms with Crippen LogP contribution in [0, 0.1) is 0 Å². The van der Waals surface area contributed by atoms with E-state index in [0.29, 0.717) is 25.4 Å². The molecule has 1 aromatic heterocycles. The Balaban J connectivity index is 2.28. The van der Waals surface area contributed by atoms with Crippen LogP contribution in [0.15, 0.2) is 40.6 Å². The second-order valence-corrected chi connectivity index (χ2v) is 9.59. The average molecular weight is 468 g/mol. The minimum absolute atomic E-state index is 0.00696. The highest BCUT2D eigenvalue weighted by Crippen LogP contribution is 2.30. The zero-order valence-corrected chi connectivity index (χ0v) is 19.8. The molecule has 0 fully saturated rings. The molecular formula is C21H29N3O5S2. The number of sulfonamides is 1. The molecule has 0 bridgehead atoms. The molecule has 2 amide bonds. The van der Waals surface area contributed by atoms with Gasteiger partial charge < -0.3 is 15.4 Å². The first-order chi connectivity index (χ1) is 14.7. The summed E-state index contributed by atoms with van der Waals surface area (Å²) < 4.78 is 33.0. The molecule has 0 radical (unpaired) electrons. The molecule has 1 heterocycles. The molecule has 0 saturated carbocycles. The minimum atomic E-state index is -3.79. The van der Waals surface area contributed by atoms with E-state index in [4.69, 9.17) is 4.74 Å². The predicted molar refractivity (Wildman–Crippen MR) is 122 cm³/mol. The third kappa shape index (κ3) is 6.52. The first-order valence-electron chi connectivity index (χ1n) is 10.1. The van der Waals surface area contributed by atoms with Crippen molar-refractivity contribution in [2.45, 2.75) is 45.1 Å². The molecule has 170 valence electrons. The molecule has 2 rings (SSSR count). The summed E-state index contributed by atoms with van der Waals surface area (Å²) >= 11 is 1.45. The van der Waals surface area contributed by atoms with Crippen LogP contribution in [0.25, 0.3) is 0 Å². The van der Waals surface area contributed by atoms with Gasteiger partial charge in [0, 0.05) is 30.6 Å². The molecule has 1 aromatic carbocycles. The van der Waals surface area contributed by atoms with Crippen molar-refractivity contribution < 1.29 is 22.7 Å². The highest BCUT2D eigenvalue weighted by atomic mass is 32.2. The predicted octanol–water partition coefficient (Wildman–Crippen LogP) is 3.38. The Kier molecular flexibility index (Phi) is 9.02. The van der Waals surface area contributed by atoms with E-state index in [1.807, 2.05) is 17.5 Å². The van der Waals surface area contributed by atoms with E-state index < -0.39 is 16.1 Å². The standard InChI is InChI=1S/C21H29N3O5S2/c1-5-24(6-2)31(27,28)20-13-16(10-11-18(20)29-7-3)23-21(26)14-17(22-15(4)25)19-9-8-12-30-19/h8-13,17H,5-7,14H2,1-4H3,(H,22,25)(H,23,26). The number of nitrogens with one attached hydrogen (secondary N) is 2. The van der Waals surface area contributed by atoms with E-state index in [1.54, 1.807) is 32.9 Å². The molecule has 10 heteroatoms. The number of nitrogens with zero attached hydrogens (tertiary/aromatic N) is 1. The van der Waals surface area contributed by atoms with Crippen LogP contribution in [-0.4, -0.2) is 44.2 Å². The summed E-state index contributed by atoms with van der Waals surface area (Å²) in [5.41, 5.74) is 0.340. The maximum atomic E-state index is 13.1. The Hall–Kier alpha value is -2.43. The number of amides is 2. The molecule has 0 aliphatic rings. The Morgan fingerprint density at radius 2 is 1.87 bits per heavy atom. The molecule has 2 aromatic rings. The average Bonchev–Trinajstić information content (AvgIpc) is 3.24. The van der Waals surface area contributed by atoms with Gasteiger partial charge in [-0.15, -0.1) is 11.3 Å².